The van der Waals surface area contributed by atoms with Gasteiger partial charge in [0.2, 0.25) is 5.95 Å². The fraction of sp³-hybridized carbons (Fsp3) is 0.512. The molecular weight excluding hydrogens is 842 g/mol. The summed E-state index contributed by atoms with van der Waals surface area (Å²) >= 11 is 3.52. The molecule has 16 nitrogen and oxygen atoms in total. The second-order valence-electron chi connectivity index (χ2n) is 16.4. The minimum absolute atomic E-state index is 0.0708. The van der Waals surface area contributed by atoms with Gasteiger partial charge in [-0.05, 0) is 92.4 Å². The van der Waals surface area contributed by atoms with Crippen LogP contribution in [0.1, 0.15) is 46.5 Å². The van der Waals surface area contributed by atoms with E-state index in [2.05, 4.69) is 51.5 Å². The number of rotatable bonds is 14. The highest BCUT2D eigenvalue weighted by atomic mass is 79.9. The highest BCUT2D eigenvalue weighted by Gasteiger charge is 2.36. The van der Waals surface area contributed by atoms with Gasteiger partial charge in [-0.1, -0.05) is 0 Å². The first kappa shape index (κ1) is 42.5. The quantitative estimate of drug-likeness (QED) is 0.108. The van der Waals surface area contributed by atoms with E-state index in [0.29, 0.717) is 70.7 Å². The van der Waals surface area contributed by atoms with Crippen LogP contribution in [0.25, 0.3) is 11.1 Å². The Morgan fingerprint density at radius 1 is 1.02 bits per heavy atom. The molecule has 18 heteroatoms. The van der Waals surface area contributed by atoms with Gasteiger partial charge in [-0.25, -0.2) is 18.2 Å². The molecule has 4 heterocycles. The number of nitrogens with zero attached hydrogens (tertiary/aromatic N) is 6. The maximum absolute atomic E-state index is 12.9. The zero-order chi connectivity index (χ0) is 41.9. The summed E-state index contributed by atoms with van der Waals surface area (Å²) in [6.07, 6.45) is 9.90. The number of ether oxygens (including phenoxy) is 3. The van der Waals surface area contributed by atoms with Crippen molar-refractivity contribution in [2.45, 2.75) is 63.0 Å². The molecule has 3 aliphatic rings. The largest absolute Gasteiger partial charge is 0.494 e. The first-order valence-corrected chi connectivity index (χ1v) is 22.7. The number of hydrogen-bond donors (Lipinski definition) is 4. The predicted octanol–water partition coefficient (Wildman–Crippen LogP) is 6.45. The molecule has 0 spiro atoms. The smallest absolute Gasteiger partial charge is 0.410 e. The fourth-order valence-corrected chi connectivity index (χ4v) is 8.91. The van der Waals surface area contributed by atoms with Crippen molar-refractivity contribution in [3.8, 4) is 22.6 Å². The molecule has 1 saturated carbocycles. The van der Waals surface area contributed by atoms with Crippen molar-refractivity contribution in [2.75, 3.05) is 81.4 Å². The lowest BCUT2D eigenvalue weighted by atomic mass is 9.98. The molecule has 2 unspecified atom stereocenters. The summed E-state index contributed by atoms with van der Waals surface area (Å²) < 4.78 is 43.8. The highest BCUT2D eigenvalue weighted by Crippen LogP contribution is 2.42. The molecule has 2 aliphatic heterocycles. The van der Waals surface area contributed by atoms with Crippen molar-refractivity contribution in [2.24, 2.45) is 11.8 Å². The number of aliphatic hydroxyl groups excluding tert-OH is 1. The number of H-pyrrole nitrogens is 1. The third-order valence-electron chi connectivity index (χ3n) is 11.1. The Morgan fingerprint density at radius 3 is 2.42 bits per heavy atom. The zero-order valence-corrected chi connectivity index (χ0v) is 36.6. The molecule has 0 radical (unpaired) electrons. The van der Waals surface area contributed by atoms with Gasteiger partial charge in [-0.3, -0.25) is 10.00 Å². The number of hydrogen-bond acceptors (Lipinski definition) is 14. The van der Waals surface area contributed by atoms with Gasteiger partial charge in [0.05, 0.1) is 40.7 Å². The van der Waals surface area contributed by atoms with Crippen LogP contribution in [-0.2, 0) is 14.6 Å². The number of piperazine rings is 1. The number of aromatic amines is 1. The van der Waals surface area contributed by atoms with Gasteiger partial charge in [0, 0.05) is 99.5 Å². The number of halogens is 1. The van der Waals surface area contributed by atoms with Crippen LogP contribution in [0, 0.1) is 11.8 Å². The number of aliphatic hydroxyl groups is 1. The molecule has 7 rings (SSSR count). The first-order chi connectivity index (χ1) is 28.2. The summed E-state index contributed by atoms with van der Waals surface area (Å²) in [6.45, 7) is 10.9. The maximum atomic E-state index is 12.9. The van der Waals surface area contributed by atoms with Crippen molar-refractivity contribution < 1.29 is 32.5 Å². The van der Waals surface area contributed by atoms with Crippen LogP contribution in [0.15, 0.2) is 58.3 Å². The van der Waals surface area contributed by atoms with Crippen LogP contribution >= 0.6 is 15.9 Å². The Kier molecular flexibility index (Phi) is 12.9. The second kappa shape index (κ2) is 17.9. The van der Waals surface area contributed by atoms with Crippen molar-refractivity contribution in [3.63, 3.8) is 0 Å². The molecule has 2 atom stereocenters. The van der Waals surface area contributed by atoms with Gasteiger partial charge in [-0.2, -0.15) is 10.1 Å². The summed E-state index contributed by atoms with van der Waals surface area (Å²) in [5.74, 6) is 2.44. The molecule has 2 aromatic carbocycles. The van der Waals surface area contributed by atoms with E-state index in [4.69, 9.17) is 19.2 Å². The minimum Gasteiger partial charge on any atom is -0.494 e. The molecule has 4 N–H and O–H groups in total. The monoisotopic (exact) mass is 895 g/mol. The number of anilines is 5. The molecule has 318 valence electrons. The number of piperidine rings is 1. The van der Waals surface area contributed by atoms with Gasteiger partial charge in [0.1, 0.15) is 22.9 Å². The van der Waals surface area contributed by atoms with E-state index in [-0.39, 0.29) is 23.5 Å². The Balaban J connectivity index is 1.05. The van der Waals surface area contributed by atoms with Gasteiger partial charge >= 0.3 is 6.09 Å². The topological polar surface area (TPSA) is 187 Å². The molecule has 4 aromatic rings. The highest BCUT2D eigenvalue weighted by molar-refractivity contribution is 9.10. The lowest BCUT2D eigenvalue weighted by molar-refractivity contribution is 0.00901. The fourth-order valence-electron chi connectivity index (χ4n) is 7.78. The Bertz CT molecular complexity index is 2200. The minimum atomic E-state index is -3.65. The lowest BCUT2D eigenvalue weighted by Gasteiger charge is -2.43. The molecule has 3 fully saturated rings. The number of carbonyl (C=O) groups excluding carboxylic acids is 1. The summed E-state index contributed by atoms with van der Waals surface area (Å²) in [4.78, 5) is 28.6. The van der Waals surface area contributed by atoms with Gasteiger partial charge in [-0.15, -0.1) is 0 Å². The molecule has 2 saturated heterocycles. The van der Waals surface area contributed by atoms with Gasteiger partial charge in [0.15, 0.2) is 9.84 Å². The van der Waals surface area contributed by atoms with Crippen molar-refractivity contribution in [1.82, 2.24) is 30.0 Å². The maximum Gasteiger partial charge on any atom is 0.410 e. The first-order valence-electron chi connectivity index (χ1n) is 20.0. The van der Waals surface area contributed by atoms with E-state index < -0.39 is 15.4 Å². The van der Waals surface area contributed by atoms with E-state index in [0.717, 1.165) is 74.9 Å². The van der Waals surface area contributed by atoms with E-state index >= 15 is 0 Å². The second-order valence-corrected chi connectivity index (χ2v) is 19.3. The number of carbonyl (C=O) groups is 1. The molecule has 59 heavy (non-hydrogen) atoms. The average Bonchev–Trinajstić information content (AvgIpc) is 3.74. The SMILES string of the molecule is COc1cc(N2CCC(N3CCN(C(=O)OC(C)(C)C)CC3)CC2)c(-c2cn[nH]c2)cc1Nc1ncc(Br)c(Nc2ccc(OCCC3CC3CO)cc2S(C)(=O)=O)n1. The Labute approximate surface area is 354 Å². The average molecular weight is 897 g/mol. The van der Waals surface area contributed by atoms with E-state index in [1.54, 1.807) is 31.6 Å². The third-order valence-corrected chi connectivity index (χ3v) is 12.8. The molecule has 1 amide bonds. The molecule has 0 bridgehead atoms. The molecule has 1 aliphatic carbocycles. The zero-order valence-electron chi connectivity index (χ0n) is 34.2. The van der Waals surface area contributed by atoms with Crippen LogP contribution < -0.4 is 25.0 Å². The van der Waals surface area contributed by atoms with Crippen LogP contribution in [-0.4, -0.2) is 127 Å². The molecular formula is C41H54BrN9O7S. The summed E-state index contributed by atoms with van der Waals surface area (Å²) in [6, 6.07) is 9.36. The van der Waals surface area contributed by atoms with Gasteiger partial charge in [0.25, 0.3) is 0 Å². The Morgan fingerprint density at radius 2 is 1.78 bits per heavy atom. The van der Waals surface area contributed by atoms with Crippen molar-refractivity contribution in [3.05, 3.63) is 53.4 Å². The van der Waals surface area contributed by atoms with Crippen LogP contribution in [0.3, 0.4) is 0 Å². The number of sulfone groups is 1. The van der Waals surface area contributed by atoms with Crippen LogP contribution in [0.4, 0.5) is 33.6 Å². The van der Waals surface area contributed by atoms with E-state index in [9.17, 15) is 18.3 Å². The van der Waals surface area contributed by atoms with Crippen molar-refractivity contribution >= 4 is 60.7 Å². The predicted molar refractivity (Wildman–Crippen MR) is 230 cm³/mol. The van der Waals surface area contributed by atoms with E-state index in [1.165, 1.54) is 6.07 Å². The summed E-state index contributed by atoms with van der Waals surface area (Å²) in [5, 5.41) is 23.0. The number of methoxy groups -OCH3 is 1. The van der Waals surface area contributed by atoms with Crippen LogP contribution in [0.5, 0.6) is 11.5 Å². The van der Waals surface area contributed by atoms with Gasteiger partial charge < -0.3 is 39.8 Å². The Hall–Kier alpha value is -4.65. The number of amides is 1. The van der Waals surface area contributed by atoms with Crippen molar-refractivity contribution in [1.29, 1.82) is 0 Å². The molecule has 2 aromatic heterocycles. The number of nitrogens with one attached hydrogen (secondary N) is 3. The lowest BCUT2D eigenvalue weighted by Crippen LogP contribution is -2.55. The third kappa shape index (κ3) is 10.6. The van der Waals surface area contributed by atoms with Crippen LogP contribution in [0.2, 0.25) is 0 Å². The summed E-state index contributed by atoms with van der Waals surface area (Å²) in [5.41, 5.74) is 3.34. The number of aromatic nitrogens is 4. The van der Waals surface area contributed by atoms with E-state index in [1.807, 2.05) is 44.0 Å². The summed E-state index contributed by atoms with van der Waals surface area (Å²) in [7, 11) is -2.03. The number of benzene rings is 2. The normalized spacial score (nSPS) is 19.0. The standard InChI is InChI=1S/C41H54BrN9O7S/c1-41(2,3)58-40(53)51-15-13-49(14-16-51)29-8-11-50(12-9-29)35-21-36(56-4)34(20-31(35)28-22-44-45-23-28)47-39-43-24-32(42)38(48-39)46-33-7-6-30(19-37(33)59(5,54)55)57-17-10-26-18-27(26)25-52/h6-7,19-24,26-27,29,52H,8-18,25H2,1-5H3,(H,44,45)(H2,43,46,47,48).